The van der Waals surface area contributed by atoms with Crippen LogP contribution in [0, 0.1) is 5.82 Å². The Morgan fingerprint density at radius 2 is 1.85 bits per heavy atom. The van der Waals surface area contributed by atoms with E-state index in [9.17, 15) is 21.2 Å². The zero-order valence-electron chi connectivity index (χ0n) is 11.1. The molecule has 1 rings (SSSR count). The Labute approximate surface area is 117 Å². The molecule has 0 saturated heterocycles. The molecule has 1 N–H and O–H groups in total. The predicted molar refractivity (Wildman–Crippen MR) is 71.8 cm³/mol. The molecule has 9 heteroatoms. The first-order valence-electron chi connectivity index (χ1n) is 5.61. The van der Waals surface area contributed by atoms with E-state index < -0.39 is 37.2 Å². The van der Waals surface area contributed by atoms with Crippen molar-refractivity contribution in [3.63, 3.8) is 0 Å². The van der Waals surface area contributed by atoms with E-state index in [1.165, 1.54) is 13.1 Å². The molecule has 0 spiro atoms. The van der Waals surface area contributed by atoms with Gasteiger partial charge >= 0.3 is 0 Å². The third-order valence-corrected chi connectivity index (χ3v) is 5.44. The second-order valence-electron chi connectivity index (χ2n) is 4.38. The van der Waals surface area contributed by atoms with Gasteiger partial charge in [-0.15, -0.1) is 0 Å². The molecular weight excluding hydrogens is 309 g/mol. The number of benzene rings is 1. The lowest BCUT2D eigenvalue weighted by Gasteiger charge is -2.17. The zero-order valence-corrected chi connectivity index (χ0v) is 12.7. The van der Waals surface area contributed by atoms with Crippen LogP contribution < -0.4 is 0 Å². The second-order valence-corrected chi connectivity index (χ2v) is 8.65. The Morgan fingerprint density at radius 1 is 1.25 bits per heavy atom. The summed E-state index contributed by atoms with van der Waals surface area (Å²) in [7, 11) is -6.29. The Morgan fingerprint density at radius 3 is 2.35 bits per heavy atom. The molecule has 0 aliphatic rings. The van der Waals surface area contributed by atoms with Gasteiger partial charge in [-0.2, -0.15) is 4.31 Å². The Hall–Kier alpha value is -1.03. The van der Waals surface area contributed by atoms with E-state index in [4.69, 9.17) is 5.11 Å². The number of sulfone groups is 1. The van der Waals surface area contributed by atoms with Crippen molar-refractivity contribution in [3.05, 3.63) is 29.6 Å². The zero-order chi connectivity index (χ0) is 15.6. The summed E-state index contributed by atoms with van der Waals surface area (Å²) >= 11 is 0. The van der Waals surface area contributed by atoms with E-state index >= 15 is 0 Å². The summed E-state index contributed by atoms with van der Waals surface area (Å²) in [5, 5.41) is 8.96. The average Bonchev–Trinajstić information content (AvgIpc) is 2.35. The van der Waals surface area contributed by atoms with Crippen LogP contribution in [0.1, 0.15) is 5.56 Å². The van der Waals surface area contributed by atoms with Gasteiger partial charge in [-0.25, -0.2) is 21.2 Å². The number of nitrogens with zero attached hydrogens (tertiary/aromatic N) is 1. The van der Waals surface area contributed by atoms with Crippen molar-refractivity contribution >= 4 is 19.9 Å². The highest BCUT2D eigenvalue weighted by atomic mass is 32.2. The summed E-state index contributed by atoms with van der Waals surface area (Å²) in [6.45, 7) is -0.695. The van der Waals surface area contributed by atoms with Gasteiger partial charge in [0, 0.05) is 19.8 Å². The third-order valence-electron chi connectivity index (χ3n) is 2.64. The fraction of sp³-hybridized carbons (Fsp3) is 0.455. The summed E-state index contributed by atoms with van der Waals surface area (Å²) in [5.74, 6) is -1.31. The molecule has 1 aromatic rings. The molecule has 114 valence electrons. The van der Waals surface area contributed by atoms with Crippen LogP contribution in [0.4, 0.5) is 4.39 Å². The first-order chi connectivity index (χ1) is 9.08. The fourth-order valence-electron chi connectivity index (χ4n) is 1.43. The van der Waals surface area contributed by atoms with Crippen LogP contribution in [0.5, 0.6) is 0 Å². The second kappa shape index (κ2) is 6.17. The first kappa shape index (κ1) is 17.0. The van der Waals surface area contributed by atoms with Gasteiger partial charge in [0.2, 0.25) is 10.0 Å². The van der Waals surface area contributed by atoms with Gasteiger partial charge in [0.15, 0.2) is 0 Å². The molecule has 0 fully saturated rings. The van der Waals surface area contributed by atoms with Gasteiger partial charge in [-0.05, 0) is 17.7 Å². The monoisotopic (exact) mass is 325 g/mol. The van der Waals surface area contributed by atoms with Crippen LogP contribution in [0.3, 0.4) is 0 Å². The molecule has 0 aromatic heterocycles. The van der Waals surface area contributed by atoms with Gasteiger partial charge in [-0.1, -0.05) is 6.07 Å². The largest absolute Gasteiger partial charge is 0.392 e. The lowest BCUT2D eigenvalue weighted by Crippen LogP contribution is -2.32. The molecule has 6 nitrogen and oxygen atoms in total. The molecule has 0 amide bonds. The van der Waals surface area contributed by atoms with Crippen molar-refractivity contribution < 1.29 is 26.3 Å². The maximum absolute atomic E-state index is 13.6. The highest BCUT2D eigenvalue weighted by Gasteiger charge is 2.25. The topological polar surface area (TPSA) is 91.8 Å². The maximum Gasteiger partial charge on any atom is 0.245 e. The summed E-state index contributed by atoms with van der Waals surface area (Å²) in [5.41, 5.74) is 0.251. The van der Waals surface area contributed by atoms with Crippen molar-refractivity contribution in [1.82, 2.24) is 4.31 Å². The Kier molecular flexibility index (Phi) is 5.25. The molecule has 0 unspecified atom stereocenters. The molecule has 0 aliphatic carbocycles. The molecule has 0 radical (unpaired) electrons. The third kappa shape index (κ3) is 4.23. The quantitative estimate of drug-likeness (QED) is 0.794. The Balaban J connectivity index is 3.10. The Bertz CT molecular complexity index is 685. The average molecular weight is 325 g/mol. The summed E-state index contributed by atoms with van der Waals surface area (Å²) in [6.07, 6.45) is 0.987. The van der Waals surface area contributed by atoms with Gasteiger partial charge in [0.1, 0.15) is 20.5 Å². The molecular formula is C11H16FNO5S2. The number of hydrogen-bond acceptors (Lipinski definition) is 5. The molecule has 20 heavy (non-hydrogen) atoms. The maximum atomic E-state index is 13.6. The van der Waals surface area contributed by atoms with E-state index in [0.717, 1.165) is 22.7 Å². The van der Waals surface area contributed by atoms with E-state index in [-0.39, 0.29) is 17.9 Å². The van der Waals surface area contributed by atoms with E-state index in [1.54, 1.807) is 0 Å². The van der Waals surface area contributed by atoms with E-state index in [0.29, 0.717) is 0 Å². The number of aliphatic hydroxyl groups excluding tert-OH is 1. The lowest BCUT2D eigenvalue weighted by molar-refractivity contribution is 0.281. The molecule has 0 aliphatic heterocycles. The minimum atomic E-state index is -4.14. The minimum absolute atomic E-state index is 0.251. The smallest absolute Gasteiger partial charge is 0.245 e. The summed E-state index contributed by atoms with van der Waals surface area (Å²) in [4.78, 5) is -0.583. The van der Waals surface area contributed by atoms with Gasteiger partial charge in [0.05, 0.1) is 12.4 Å². The van der Waals surface area contributed by atoms with Crippen molar-refractivity contribution in [2.75, 3.05) is 25.6 Å². The van der Waals surface area contributed by atoms with E-state index in [1.807, 2.05) is 0 Å². The highest BCUT2D eigenvalue weighted by molar-refractivity contribution is 7.91. The SMILES string of the molecule is CN(CCS(C)(=O)=O)S(=O)(=O)c1cc(CO)ccc1F. The normalized spacial score (nSPS) is 12.8. The van der Waals surface area contributed by atoms with Crippen molar-refractivity contribution in [2.45, 2.75) is 11.5 Å². The highest BCUT2D eigenvalue weighted by Crippen LogP contribution is 2.20. The van der Waals surface area contributed by atoms with Crippen LogP contribution in [0.15, 0.2) is 23.1 Å². The standard InChI is InChI=1S/C11H16FNO5S2/c1-13(5-6-19(2,15)16)20(17,18)11-7-9(8-14)3-4-10(11)12/h3-4,7,14H,5-6,8H2,1-2H3. The molecule has 0 saturated carbocycles. The number of hydrogen-bond donors (Lipinski definition) is 1. The van der Waals surface area contributed by atoms with Crippen LogP contribution in [0.2, 0.25) is 0 Å². The fourth-order valence-corrected chi connectivity index (χ4v) is 3.43. The molecule has 0 heterocycles. The molecule has 0 bridgehead atoms. The number of sulfonamides is 1. The molecule has 0 atom stereocenters. The van der Waals surface area contributed by atoms with Crippen molar-refractivity contribution in [3.8, 4) is 0 Å². The summed E-state index contributed by atoms with van der Waals surface area (Å²) in [6, 6.07) is 3.25. The first-order valence-corrected chi connectivity index (χ1v) is 9.11. The number of aliphatic hydroxyl groups is 1. The van der Waals surface area contributed by atoms with Crippen molar-refractivity contribution in [1.29, 1.82) is 0 Å². The van der Waals surface area contributed by atoms with Crippen LogP contribution in [0.25, 0.3) is 0 Å². The minimum Gasteiger partial charge on any atom is -0.392 e. The van der Waals surface area contributed by atoms with Crippen LogP contribution >= 0.6 is 0 Å². The van der Waals surface area contributed by atoms with Gasteiger partial charge in [-0.3, -0.25) is 0 Å². The number of halogens is 1. The predicted octanol–water partition coefficient (Wildman–Crippen LogP) is -0.0169. The lowest BCUT2D eigenvalue weighted by atomic mass is 10.2. The van der Waals surface area contributed by atoms with Crippen LogP contribution in [-0.2, 0) is 26.5 Å². The summed E-state index contributed by atoms with van der Waals surface area (Å²) < 4.78 is 60.8. The van der Waals surface area contributed by atoms with Gasteiger partial charge < -0.3 is 5.11 Å². The van der Waals surface area contributed by atoms with Crippen LogP contribution in [-0.4, -0.2) is 51.8 Å². The van der Waals surface area contributed by atoms with Gasteiger partial charge in [0.25, 0.3) is 0 Å². The van der Waals surface area contributed by atoms with Crippen molar-refractivity contribution in [2.24, 2.45) is 0 Å². The number of rotatable bonds is 6. The molecule has 1 aromatic carbocycles. The van der Waals surface area contributed by atoms with E-state index in [2.05, 4.69) is 0 Å².